The van der Waals surface area contributed by atoms with E-state index in [1.54, 1.807) is 19.1 Å². The van der Waals surface area contributed by atoms with Crippen LogP contribution in [0.25, 0.3) is 17.1 Å². The van der Waals surface area contributed by atoms with E-state index in [-0.39, 0.29) is 5.56 Å². The monoisotopic (exact) mass is 346 g/mol. The first-order valence-corrected chi connectivity index (χ1v) is 6.99. The Morgan fingerprint density at radius 3 is 2.76 bits per heavy atom. The predicted molar refractivity (Wildman–Crippen MR) is 80.7 cm³/mol. The largest absolute Gasteiger partial charge is 0.478 e. The molecule has 0 bridgehead atoms. The molecule has 0 unspecified atom stereocenters. The molecule has 0 amide bonds. The standard InChI is InChI=1S/C15H11BrN2O3/c1-9-5-6-13(21-9)14-12(15(19)20)8-18(17-14)11-4-2-3-10(16)7-11/h2-8H,1H3,(H,19,20). The number of furan rings is 1. The molecular weight excluding hydrogens is 336 g/mol. The van der Waals surface area contributed by atoms with E-state index in [1.165, 1.54) is 10.9 Å². The van der Waals surface area contributed by atoms with Gasteiger partial charge >= 0.3 is 5.97 Å². The third-order valence-electron chi connectivity index (χ3n) is 2.99. The number of hydrogen-bond acceptors (Lipinski definition) is 3. The van der Waals surface area contributed by atoms with Crippen LogP contribution in [0.3, 0.4) is 0 Å². The molecule has 3 aromatic rings. The minimum atomic E-state index is -1.04. The third kappa shape index (κ3) is 2.62. The summed E-state index contributed by atoms with van der Waals surface area (Å²) in [6, 6.07) is 10.9. The lowest BCUT2D eigenvalue weighted by molar-refractivity contribution is 0.0697. The summed E-state index contributed by atoms with van der Waals surface area (Å²) in [5, 5.41) is 13.7. The van der Waals surface area contributed by atoms with Crippen molar-refractivity contribution in [2.24, 2.45) is 0 Å². The lowest BCUT2D eigenvalue weighted by Gasteiger charge is -2.00. The molecule has 2 heterocycles. The molecule has 0 saturated heterocycles. The van der Waals surface area contributed by atoms with Crippen molar-refractivity contribution in [1.82, 2.24) is 9.78 Å². The Morgan fingerprint density at radius 2 is 2.14 bits per heavy atom. The summed E-state index contributed by atoms with van der Waals surface area (Å²) in [5.41, 5.74) is 1.18. The Labute approximate surface area is 129 Å². The number of rotatable bonds is 3. The summed E-state index contributed by atoms with van der Waals surface area (Å²) >= 11 is 3.39. The molecule has 0 aliphatic rings. The maximum atomic E-state index is 11.4. The van der Waals surface area contributed by atoms with Crippen molar-refractivity contribution in [3.05, 3.63) is 58.4 Å². The van der Waals surface area contributed by atoms with E-state index in [4.69, 9.17) is 4.42 Å². The van der Waals surface area contributed by atoms with Gasteiger partial charge in [0.15, 0.2) is 5.76 Å². The highest BCUT2D eigenvalue weighted by Crippen LogP contribution is 2.26. The third-order valence-corrected chi connectivity index (χ3v) is 3.48. The number of carboxylic acids is 1. The van der Waals surface area contributed by atoms with Gasteiger partial charge in [0.1, 0.15) is 17.0 Å². The average molecular weight is 347 g/mol. The zero-order valence-corrected chi connectivity index (χ0v) is 12.7. The smallest absolute Gasteiger partial charge is 0.339 e. The zero-order chi connectivity index (χ0) is 15.0. The summed E-state index contributed by atoms with van der Waals surface area (Å²) < 4.78 is 7.91. The first-order chi connectivity index (χ1) is 10.0. The molecule has 3 rings (SSSR count). The summed E-state index contributed by atoms with van der Waals surface area (Å²) in [5.74, 6) is 0.109. The number of carboxylic acid groups (broad SMARTS) is 1. The van der Waals surface area contributed by atoms with Gasteiger partial charge in [-0.25, -0.2) is 9.48 Å². The van der Waals surface area contributed by atoms with Crippen molar-refractivity contribution in [3.63, 3.8) is 0 Å². The van der Waals surface area contributed by atoms with Crippen molar-refractivity contribution in [3.8, 4) is 17.1 Å². The van der Waals surface area contributed by atoms with Gasteiger partial charge in [-0.15, -0.1) is 0 Å². The molecule has 0 radical (unpaired) electrons. The minimum absolute atomic E-state index is 0.101. The number of aryl methyl sites for hydroxylation is 1. The summed E-state index contributed by atoms with van der Waals surface area (Å²) in [4.78, 5) is 11.4. The maximum absolute atomic E-state index is 11.4. The number of carbonyl (C=O) groups is 1. The van der Waals surface area contributed by atoms with Gasteiger partial charge in [-0.2, -0.15) is 5.10 Å². The van der Waals surface area contributed by atoms with Crippen LogP contribution in [0.15, 0.2) is 51.5 Å². The summed E-state index contributed by atoms with van der Waals surface area (Å²) in [6.45, 7) is 1.80. The number of nitrogens with zero attached hydrogens (tertiary/aromatic N) is 2. The zero-order valence-electron chi connectivity index (χ0n) is 11.1. The molecule has 1 aromatic carbocycles. The highest BCUT2D eigenvalue weighted by atomic mass is 79.9. The second-order valence-electron chi connectivity index (χ2n) is 4.53. The number of aromatic nitrogens is 2. The lowest BCUT2D eigenvalue weighted by Crippen LogP contribution is -1.96. The van der Waals surface area contributed by atoms with E-state index >= 15 is 0 Å². The Kier molecular flexibility index (Phi) is 3.39. The van der Waals surface area contributed by atoms with Crippen LogP contribution in [0.2, 0.25) is 0 Å². The molecule has 0 atom stereocenters. The van der Waals surface area contributed by atoms with Gasteiger partial charge in [0, 0.05) is 10.7 Å². The molecule has 0 aliphatic carbocycles. The number of halogens is 1. The van der Waals surface area contributed by atoms with Crippen LogP contribution in [0.4, 0.5) is 0 Å². The van der Waals surface area contributed by atoms with Crippen molar-refractivity contribution >= 4 is 21.9 Å². The molecule has 2 aromatic heterocycles. The molecule has 21 heavy (non-hydrogen) atoms. The van der Waals surface area contributed by atoms with E-state index in [9.17, 15) is 9.90 Å². The summed E-state index contributed by atoms with van der Waals surface area (Å²) in [6.07, 6.45) is 1.48. The average Bonchev–Trinajstić information content (AvgIpc) is 3.04. The second kappa shape index (κ2) is 5.21. The Hall–Kier alpha value is -2.34. The van der Waals surface area contributed by atoms with E-state index in [2.05, 4.69) is 21.0 Å². The van der Waals surface area contributed by atoms with Crippen LogP contribution in [-0.2, 0) is 0 Å². The summed E-state index contributed by atoms with van der Waals surface area (Å²) in [7, 11) is 0. The topological polar surface area (TPSA) is 68.3 Å². The first-order valence-electron chi connectivity index (χ1n) is 6.20. The van der Waals surface area contributed by atoms with Gasteiger partial charge < -0.3 is 9.52 Å². The predicted octanol–water partition coefficient (Wildman–Crippen LogP) is 3.90. The quantitative estimate of drug-likeness (QED) is 0.780. The highest BCUT2D eigenvalue weighted by Gasteiger charge is 2.20. The fraction of sp³-hybridized carbons (Fsp3) is 0.0667. The van der Waals surface area contributed by atoms with Crippen LogP contribution < -0.4 is 0 Å². The van der Waals surface area contributed by atoms with Gasteiger partial charge in [0.25, 0.3) is 0 Å². The van der Waals surface area contributed by atoms with Crippen LogP contribution in [-0.4, -0.2) is 20.9 Å². The van der Waals surface area contributed by atoms with Crippen LogP contribution in [0, 0.1) is 6.92 Å². The molecule has 5 nitrogen and oxygen atoms in total. The molecule has 1 N–H and O–H groups in total. The number of aromatic carboxylic acids is 1. The maximum Gasteiger partial charge on any atom is 0.339 e. The van der Waals surface area contributed by atoms with E-state index < -0.39 is 5.97 Å². The number of benzene rings is 1. The SMILES string of the molecule is Cc1ccc(-c2nn(-c3cccc(Br)c3)cc2C(=O)O)o1. The van der Waals surface area contributed by atoms with Gasteiger partial charge in [0.05, 0.1) is 5.69 Å². The molecule has 0 saturated carbocycles. The second-order valence-corrected chi connectivity index (χ2v) is 5.45. The Bertz CT molecular complexity index is 820. The van der Waals surface area contributed by atoms with E-state index in [0.717, 1.165) is 10.2 Å². The fourth-order valence-electron chi connectivity index (χ4n) is 2.03. The first kappa shape index (κ1) is 13.6. The van der Waals surface area contributed by atoms with Crippen LogP contribution in [0.1, 0.15) is 16.1 Å². The number of hydrogen-bond donors (Lipinski definition) is 1. The van der Waals surface area contributed by atoms with Gasteiger partial charge in [0.2, 0.25) is 0 Å². The molecule has 106 valence electrons. The van der Waals surface area contributed by atoms with Gasteiger partial charge in [-0.3, -0.25) is 0 Å². The van der Waals surface area contributed by atoms with E-state index in [0.29, 0.717) is 17.2 Å². The molecular formula is C15H11BrN2O3. The minimum Gasteiger partial charge on any atom is -0.478 e. The van der Waals surface area contributed by atoms with Gasteiger partial charge in [-0.1, -0.05) is 22.0 Å². The lowest BCUT2D eigenvalue weighted by atomic mass is 10.2. The highest BCUT2D eigenvalue weighted by molar-refractivity contribution is 9.10. The van der Waals surface area contributed by atoms with Crippen molar-refractivity contribution < 1.29 is 14.3 Å². The molecule has 6 heteroatoms. The normalized spacial score (nSPS) is 10.8. The van der Waals surface area contributed by atoms with Crippen molar-refractivity contribution in [1.29, 1.82) is 0 Å². The van der Waals surface area contributed by atoms with Crippen molar-refractivity contribution in [2.75, 3.05) is 0 Å². The Morgan fingerprint density at radius 1 is 1.33 bits per heavy atom. The van der Waals surface area contributed by atoms with Gasteiger partial charge in [-0.05, 0) is 37.3 Å². The van der Waals surface area contributed by atoms with Crippen LogP contribution >= 0.6 is 15.9 Å². The molecule has 0 aliphatic heterocycles. The molecule has 0 fully saturated rings. The fourth-order valence-corrected chi connectivity index (χ4v) is 2.41. The molecule has 0 spiro atoms. The Balaban J connectivity index is 2.15. The van der Waals surface area contributed by atoms with E-state index in [1.807, 2.05) is 24.3 Å². The van der Waals surface area contributed by atoms with Crippen molar-refractivity contribution in [2.45, 2.75) is 6.92 Å². The van der Waals surface area contributed by atoms with Crippen LogP contribution in [0.5, 0.6) is 0 Å².